The number of carbonyl (C=O) groups is 1. The smallest absolute Gasteiger partial charge is 0.353 e. The molecule has 27 heavy (non-hydrogen) atoms. The molecule has 1 aromatic heterocycles. The zero-order valence-electron chi connectivity index (χ0n) is 15.6. The summed E-state index contributed by atoms with van der Waals surface area (Å²) in [5.41, 5.74) is -0.868. The van der Waals surface area contributed by atoms with Gasteiger partial charge in [0.05, 0.1) is 13.1 Å². The number of aromatic nitrogens is 1. The van der Waals surface area contributed by atoms with Crippen LogP contribution < -0.4 is 10.6 Å². The van der Waals surface area contributed by atoms with Crippen LogP contribution in [0.5, 0.6) is 0 Å². The number of amides is 1. The molecule has 0 bridgehead atoms. The summed E-state index contributed by atoms with van der Waals surface area (Å²) in [5.74, 6) is 0.621. The van der Waals surface area contributed by atoms with Crippen LogP contribution in [0.4, 0.5) is 13.2 Å². The highest BCUT2D eigenvalue weighted by molar-refractivity contribution is 7.09. The van der Waals surface area contributed by atoms with Crippen molar-refractivity contribution in [1.82, 2.24) is 25.4 Å². The van der Waals surface area contributed by atoms with E-state index in [0.29, 0.717) is 43.7 Å². The Morgan fingerprint density at radius 3 is 2.52 bits per heavy atom. The predicted octanol–water partition coefficient (Wildman–Crippen LogP) is 1.38. The molecular formula is C16H25F3N6OS. The molecule has 1 aliphatic rings. The van der Waals surface area contributed by atoms with Crippen molar-refractivity contribution in [3.05, 3.63) is 16.1 Å². The number of aliphatic imine (C=N–C) groups is 1. The van der Waals surface area contributed by atoms with E-state index < -0.39 is 11.9 Å². The number of piperazine rings is 1. The molecule has 0 aliphatic carbocycles. The van der Waals surface area contributed by atoms with E-state index in [0.717, 1.165) is 16.7 Å². The molecule has 7 nitrogen and oxygen atoms in total. The molecule has 1 aliphatic heterocycles. The summed E-state index contributed by atoms with van der Waals surface area (Å²) in [6, 6.07) is 0.116. The van der Waals surface area contributed by atoms with Crippen LogP contribution in [0.3, 0.4) is 0 Å². The van der Waals surface area contributed by atoms with Crippen LogP contribution in [-0.2, 0) is 17.5 Å². The van der Waals surface area contributed by atoms with Crippen LogP contribution in [0, 0.1) is 0 Å². The normalized spacial score (nSPS) is 16.7. The maximum absolute atomic E-state index is 12.6. The van der Waals surface area contributed by atoms with Crippen LogP contribution in [0.2, 0.25) is 0 Å². The predicted molar refractivity (Wildman–Crippen MR) is 98.6 cm³/mol. The van der Waals surface area contributed by atoms with E-state index >= 15 is 0 Å². The van der Waals surface area contributed by atoms with Gasteiger partial charge in [-0.2, -0.15) is 13.2 Å². The lowest BCUT2D eigenvalue weighted by atomic mass is 10.3. The minimum absolute atomic E-state index is 0.00481. The number of carbonyl (C=O) groups excluding carboxylic acids is 1. The van der Waals surface area contributed by atoms with Crippen molar-refractivity contribution in [3.8, 4) is 0 Å². The van der Waals surface area contributed by atoms with Crippen LogP contribution in [0.25, 0.3) is 0 Å². The van der Waals surface area contributed by atoms with Crippen LogP contribution in [0.1, 0.15) is 24.5 Å². The van der Waals surface area contributed by atoms with Crippen molar-refractivity contribution in [1.29, 1.82) is 0 Å². The van der Waals surface area contributed by atoms with E-state index in [4.69, 9.17) is 0 Å². The fraction of sp³-hybridized carbons (Fsp3) is 0.688. The summed E-state index contributed by atoms with van der Waals surface area (Å²) in [7, 11) is 1.63. The molecule has 1 aromatic rings. The van der Waals surface area contributed by atoms with E-state index in [1.54, 1.807) is 7.05 Å². The van der Waals surface area contributed by atoms with Gasteiger partial charge in [0.1, 0.15) is 5.01 Å². The number of hydrogen-bond donors (Lipinski definition) is 2. The Hall–Kier alpha value is -1.88. The summed E-state index contributed by atoms with van der Waals surface area (Å²) in [4.78, 5) is 23.7. The van der Waals surface area contributed by atoms with Crippen molar-refractivity contribution in [2.75, 3.05) is 39.8 Å². The van der Waals surface area contributed by atoms with Crippen LogP contribution in [-0.4, -0.2) is 72.5 Å². The monoisotopic (exact) mass is 406 g/mol. The Morgan fingerprint density at radius 1 is 1.33 bits per heavy atom. The second kappa shape index (κ2) is 9.36. The lowest BCUT2D eigenvalue weighted by Gasteiger charge is -2.36. The third kappa shape index (κ3) is 6.65. The number of thiazole rings is 1. The van der Waals surface area contributed by atoms with Crippen LogP contribution >= 0.6 is 11.3 Å². The zero-order valence-corrected chi connectivity index (χ0v) is 16.5. The topological polar surface area (TPSA) is 72.9 Å². The summed E-state index contributed by atoms with van der Waals surface area (Å²) >= 11 is 0.968. The van der Waals surface area contributed by atoms with Gasteiger partial charge in [-0.15, -0.1) is 11.3 Å². The van der Waals surface area contributed by atoms with Gasteiger partial charge in [0.25, 0.3) is 0 Å². The first-order valence-corrected chi connectivity index (χ1v) is 9.56. The number of rotatable bonds is 5. The van der Waals surface area contributed by atoms with Crippen molar-refractivity contribution >= 4 is 23.2 Å². The highest BCUT2D eigenvalue weighted by Gasteiger charge is 2.33. The Morgan fingerprint density at radius 2 is 2.00 bits per heavy atom. The average molecular weight is 406 g/mol. The number of nitrogens with zero attached hydrogens (tertiary/aromatic N) is 4. The summed E-state index contributed by atoms with van der Waals surface area (Å²) < 4.78 is 37.8. The first-order valence-electron chi connectivity index (χ1n) is 8.68. The molecule has 0 atom stereocenters. The Bertz CT molecular complexity index is 653. The lowest BCUT2D eigenvalue weighted by Crippen LogP contribution is -2.54. The summed E-state index contributed by atoms with van der Waals surface area (Å²) in [5, 5.41) is 7.30. The van der Waals surface area contributed by atoms with Gasteiger partial charge < -0.3 is 15.5 Å². The summed E-state index contributed by atoms with van der Waals surface area (Å²) in [6.07, 6.45) is -4.42. The molecule has 2 rings (SSSR count). The van der Waals surface area contributed by atoms with Gasteiger partial charge in [0.2, 0.25) is 5.91 Å². The van der Waals surface area contributed by atoms with Gasteiger partial charge in [-0.25, -0.2) is 4.98 Å². The molecule has 0 radical (unpaired) electrons. The maximum atomic E-state index is 12.6. The maximum Gasteiger partial charge on any atom is 0.434 e. The molecule has 11 heteroatoms. The third-order valence-corrected chi connectivity index (χ3v) is 4.79. The van der Waals surface area contributed by atoms with E-state index in [1.165, 1.54) is 0 Å². The van der Waals surface area contributed by atoms with Crippen molar-refractivity contribution in [3.63, 3.8) is 0 Å². The van der Waals surface area contributed by atoms with Crippen molar-refractivity contribution < 1.29 is 18.0 Å². The van der Waals surface area contributed by atoms with Gasteiger partial charge in [-0.05, 0) is 13.8 Å². The second-order valence-electron chi connectivity index (χ2n) is 6.51. The SMILES string of the molecule is CN=C(NCc1nc(C(F)(F)F)cs1)N1CCN(CC(=O)NC(C)C)CC1. The largest absolute Gasteiger partial charge is 0.434 e. The van der Waals surface area contributed by atoms with Crippen molar-refractivity contribution in [2.45, 2.75) is 32.6 Å². The second-order valence-corrected chi connectivity index (χ2v) is 7.45. The fourth-order valence-electron chi connectivity index (χ4n) is 2.70. The molecule has 152 valence electrons. The standard InChI is InChI=1S/C16H25F3N6OS/c1-11(2)22-13(26)9-24-4-6-25(7-5-24)15(20-3)21-8-14-23-12(10-27-14)16(17,18)19/h10-11H,4-9H2,1-3H3,(H,20,21)(H,22,26). The molecular weight excluding hydrogens is 381 g/mol. The Balaban J connectivity index is 1.80. The molecule has 2 heterocycles. The van der Waals surface area contributed by atoms with Gasteiger partial charge >= 0.3 is 6.18 Å². The molecule has 0 saturated carbocycles. The van der Waals surface area contributed by atoms with E-state index in [1.807, 2.05) is 18.7 Å². The molecule has 2 N–H and O–H groups in total. The number of hydrogen-bond acceptors (Lipinski definition) is 5. The number of guanidine groups is 1. The molecule has 1 saturated heterocycles. The highest BCUT2D eigenvalue weighted by atomic mass is 32.1. The molecule has 1 amide bonds. The quantitative estimate of drug-likeness (QED) is 0.571. The zero-order chi connectivity index (χ0) is 20.0. The van der Waals surface area contributed by atoms with Crippen LogP contribution in [0.15, 0.2) is 10.4 Å². The van der Waals surface area contributed by atoms with Gasteiger partial charge in [-0.1, -0.05) is 0 Å². The van der Waals surface area contributed by atoms with E-state index in [-0.39, 0.29) is 18.5 Å². The first-order chi connectivity index (χ1) is 12.7. The third-order valence-electron chi connectivity index (χ3n) is 3.94. The number of alkyl halides is 3. The number of nitrogens with one attached hydrogen (secondary N) is 2. The van der Waals surface area contributed by atoms with E-state index in [9.17, 15) is 18.0 Å². The average Bonchev–Trinajstić information content (AvgIpc) is 3.05. The van der Waals surface area contributed by atoms with Gasteiger partial charge in [0, 0.05) is 44.6 Å². The minimum atomic E-state index is -4.42. The molecule has 0 unspecified atom stereocenters. The molecule has 0 spiro atoms. The molecule has 1 fully saturated rings. The fourth-order valence-corrected chi connectivity index (χ4v) is 3.44. The van der Waals surface area contributed by atoms with Gasteiger partial charge in [-0.3, -0.25) is 14.7 Å². The highest BCUT2D eigenvalue weighted by Crippen LogP contribution is 2.29. The Labute approximate surface area is 160 Å². The lowest BCUT2D eigenvalue weighted by molar-refractivity contribution is -0.140. The minimum Gasteiger partial charge on any atom is -0.353 e. The Kier molecular flexibility index (Phi) is 7.42. The first kappa shape index (κ1) is 21.4. The van der Waals surface area contributed by atoms with Crippen molar-refractivity contribution in [2.24, 2.45) is 4.99 Å². The number of halogens is 3. The summed E-state index contributed by atoms with van der Waals surface area (Å²) in [6.45, 7) is 7.17. The van der Waals surface area contributed by atoms with Gasteiger partial charge in [0.15, 0.2) is 11.7 Å². The van der Waals surface area contributed by atoms with E-state index in [2.05, 4.69) is 25.5 Å². The molecule has 0 aromatic carbocycles.